The molecule has 1 aliphatic rings. The van der Waals surface area contributed by atoms with E-state index in [1.54, 1.807) is 13.1 Å². The van der Waals surface area contributed by atoms with Crippen molar-refractivity contribution in [2.45, 2.75) is 29.0 Å². The lowest BCUT2D eigenvalue weighted by Gasteiger charge is -2.18. The maximum atomic E-state index is 13.9. The molecule has 0 spiro atoms. The van der Waals surface area contributed by atoms with Gasteiger partial charge in [-0.1, -0.05) is 18.2 Å². The lowest BCUT2D eigenvalue weighted by atomic mass is 10.1. The molecule has 134 valence electrons. The fourth-order valence-corrected chi connectivity index (χ4v) is 3.86. The third kappa shape index (κ3) is 4.77. The largest absolute Gasteiger partial charge is 0.355 e. The third-order valence-electron chi connectivity index (χ3n) is 4.31. The number of thioether (sulfide) groups is 1. The van der Waals surface area contributed by atoms with Gasteiger partial charge in [0, 0.05) is 35.3 Å². The van der Waals surface area contributed by atoms with Crippen molar-refractivity contribution in [3.63, 3.8) is 0 Å². The van der Waals surface area contributed by atoms with Crippen LogP contribution in [0.2, 0.25) is 0 Å². The topological polar surface area (TPSA) is 60.2 Å². The van der Waals surface area contributed by atoms with E-state index in [1.807, 2.05) is 23.9 Å². The highest BCUT2D eigenvalue weighted by molar-refractivity contribution is 8.01. The van der Waals surface area contributed by atoms with Gasteiger partial charge in [-0.15, -0.1) is 11.8 Å². The highest BCUT2D eigenvalue weighted by Crippen LogP contribution is 2.51. The zero-order valence-electron chi connectivity index (χ0n) is 14.6. The Balaban J connectivity index is 1.53. The zero-order chi connectivity index (χ0) is 18.4. The van der Waals surface area contributed by atoms with E-state index in [4.69, 9.17) is 5.26 Å². The molecule has 4 nitrogen and oxygen atoms in total. The van der Waals surface area contributed by atoms with Crippen LogP contribution >= 0.6 is 11.8 Å². The van der Waals surface area contributed by atoms with Crippen molar-refractivity contribution in [1.29, 1.82) is 5.26 Å². The van der Waals surface area contributed by atoms with Crippen LogP contribution < -0.4 is 10.6 Å². The first-order chi connectivity index (χ1) is 12.6. The highest BCUT2D eigenvalue weighted by atomic mass is 32.2. The summed E-state index contributed by atoms with van der Waals surface area (Å²) in [4.78, 5) is 5.48. The Bertz CT molecular complexity index is 825. The minimum Gasteiger partial charge on any atom is -0.355 e. The average Bonchev–Trinajstić information content (AvgIpc) is 3.43. The zero-order valence-corrected chi connectivity index (χ0v) is 15.4. The first-order valence-corrected chi connectivity index (χ1v) is 9.33. The van der Waals surface area contributed by atoms with Gasteiger partial charge in [0.05, 0.1) is 11.6 Å². The second-order valence-electron chi connectivity index (χ2n) is 6.30. The number of nitriles is 1. The Morgan fingerprint density at radius 3 is 2.65 bits per heavy atom. The summed E-state index contributed by atoms with van der Waals surface area (Å²) in [6.07, 6.45) is 2.32. The van der Waals surface area contributed by atoms with Crippen LogP contribution in [-0.2, 0) is 6.54 Å². The van der Waals surface area contributed by atoms with E-state index in [1.165, 1.54) is 17.0 Å². The second kappa shape index (κ2) is 8.24. The molecule has 0 aromatic heterocycles. The minimum absolute atomic E-state index is 0.199. The molecule has 6 heteroatoms. The number of hydrogen-bond acceptors (Lipinski definition) is 3. The molecule has 2 aromatic carbocycles. The monoisotopic (exact) mass is 368 g/mol. The third-order valence-corrected chi connectivity index (χ3v) is 5.80. The molecule has 1 fully saturated rings. The first-order valence-electron chi connectivity index (χ1n) is 8.51. The molecule has 26 heavy (non-hydrogen) atoms. The normalized spacial score (nSPS) is 15.2. The molecule has 0 heterocycles. The molecule has 1 aliphatic carbocycles. The Morgan fingerprint density at radius 2 is 2.00 bits per heavy atom. The maximum absolute atomic E-state index is 13.9. The van der Waals surface area contributed by atoms with Gasteiger partial charge in [-0.2, -0.15) is 5.26 Å². The lowest BCUT2D eigenvalue weighted by molar-refractivity contribution is 0.604. The summed E-state index contributed by atoms with van der Waals surface area (Å²) in [7, 11) is 1.70. The fraction of sp³-hybridized carbons (Fsp3) is 0.300. The smallest absolute Gasteiger partial charge is 0.191 e. The molecule has 0 saturated heterocycles. The summed E-state index contributed by atoms with van der Waals surface area (Å²) >= 11 is 1.89. The predicted octanol–water partition coefficient (Wildman–Crippen LogP) is 3.69. The summed E-state index contributed by atoms with van der Waals surface area (Å²) in [5, 5.41) is 15.4. The van der Waals surface area contributed by atoms with Crippen molar-refractivity contribution < 1.29 is 4.39 Å². The lowest BCUT2D eigenvalue weighted by Crippen LogP contribution is -2.40. The van der Waals surface area contributed by atoms with Gasteiger partial charge < -0.3 is 10.6 Å². The van der Waals surface area contributed by atoms with Gasteiger partial charge >= 0.3 is 0 Å². The number of benzene rings is 2. The molecule has 0 amide bonds. The number of nitrogens with one attached hydrogen (secondary N) is 2. The molecular formula is C20H21FN4S. The Kier molecular flexibility index (Phi) is 5.79. The number of aliphatic imine (C=N–C) groups is 1. The molecule has 0 unspecified atom stereocenters. The van der Waals surface area contributed by atoms with Gasteiger partial charge in [-0.05, 0) is 43.2 Å². The van der Waals surface area contributed by atoms with Gasteiger partial charge in [0.25, 0.3) is 0 Å². The van der Waals surface area contributed by atoms with E-state index in [2.05, 4.69) is 39.9 Å². The van der Waals surface area contributed by atoms with E-state index in [9.17, 15) is 4.39 Å². The first kappa shape index (κ1) is 18.3. The van der Waals surface area contributed by atoms with Crippen molar-refractivity contribution >= 4 is 17.7 Å². The van der Waals surface area contributed by atoms with Crippen LogP contribution in [0.25, 0.3) is 0 Å². The summed E-state index contributed by atoms with van der Waals surface area (Å²) in [5.74, 6) is 0.303. The molecule has 1 saturated carbocycles. The molecule has 0 atom stereocenters. The number of rotatable bonds is 6. The molecule has 0 aliphatic heterocycles. The molecule has 2 N–H and O–H groups in total. The van der Waals surface area contributed by atoms with Crippen molar-refractivity contribution in [2.24, 2.45) is 4.99 Å². The Morgan fingerprint density at radius 1 is 1.23 bits per heavy atom. The summed E-state index contributed by atoms with van der Waals surface area (Å²) in [6, 6.07) is 16.8. The van der Waals surface area contributed by atoms with Gasteiger partial charge in [-0.3, -0.25) is 4.99 Å². The number of hydrogen-bond donors (Lipinski definition) is 2. The van der Waals surface area contributed by atoms with Crippen molar-refractivity contribution in [3.8, 4) is 6.07 Å². The summed E-state index contributed by atoms with van der Waals surface area (Å²) in [5.41, 5.74) is 0.897. The van der Waals surface area contributed by atoms with E-state index in [0.29, 0.717) is 17.1 Å². The van der Waals surface area contributed by atoms with E-state index in [-0.39, 0.29) is 17.1 Å². The average molecular weight is 368 g/mol. The van der Waals surface area contributed by atoms with Crippen LogP contribution in [-0.4, -0.2) is 24.3 Å². The van der Waals surface area contributed by atoms with E-state index in [0.717, 1.165) is 19.4 Å². The van der Waals surface area contributed by atoms with Gasteiger partial charge in [0.15, 0.2) is 5.96 Å². The predicted molar refractivity (Wildman–Crippen MR) is 104 cm³/mol. The maximum Gasteiger partial charge on any atom is 0.191 e. The van der Waals surface area contributed by atoms with Gasteiger partial charge in [-0.25, -0.2) is 4.39 Å². The van der Waals surface area contributed by atoms with E-state index >= 15 is 0 Å². The van der Waals surface area contributed by atoms with Crippen LogP contribution in [0, 0.1) is 17.1 Å². The molecular weight excluding hydrogens is 347 g/mol. The fourth-order valence-electron chi connectivity index (χ4n) is 2.62. The number of guanidine groups is 1. The standard InChI is InChI=1S/C20H21FN4S/c1-23-19(24-13-16-11-15(12-22)7-8-18(16)21)25-14-20(9-10-20)26-17-5-3-2-4-6-17/h2-8,11H,9-10,13-14H2,1H3,(H2,23,24,25). The molecule has 3 rings (SSSR count). The molecule has 0 bridgehead atoms. The molecule has 0 radical (unpaired) electrons. The van der Waals surface area contributed by atoms with Crippen molar-refractivity contribution in [2.75, 3.05) is 13.6 Å². The summed E-state index contributed by atoms with van der Waals surface area (Å²) < 4.78 is 14.1. The minimum atomic E-state index is -0.328. The van der Waals surface area contributed by atoms with E-state index < -0.39 is 0 Å². The van der Waals surface area contributed by atoms with Crippen LogP contribution in [0.1, 0.15) is 24.0 Å². The Hall–Kier alpha value is -2.52. The van der Waals surface area contributed by atoms with Gasteiger partial charge in [0.2, 0.25) is 0 Å². The Labute approximate surface area is 157 Å². The summed E-state index contributed by atoms with van der Waals surface area (Å²) in [6.45, 7) is 1.08. The van der Waals surface area contributed by atoms with Crippen molar-refractivity contribution in [3.05, 3.63) is 65.5 Å². The molecule has 2 aromatic rings. The van der Waals surface area contributed by atoms with Gasteiger partial charge in [0.1, 0.15) is 5.82 Å². The highest BCUT2D eigenvalue weighted by Gasteiger charge is 2.43. The second-order valence-corrected chi connectivity index (χ2v) is 7.84. The quantitative estimate of drug-likeness (QED) is 0.603. The van der Waals surface area contributed by atoms with Crippen molar-refractivity contribution in [1.82, 2.24) is 10.6 Å². The van der Waals surface area contributed by atoms with Crippen LogP contribution in [0.4, 0.5) is 4.39 Å². The van der Waals surface area contributed by atoms with Crippen LogP contribution in [0.15, 0.2) is 58.4 Å². The SMILES string of the molecule is CN=C(NCc1cc(C#N)ccc1F)NCC1(Sc2ccccc2)CC1. The number of halogens is 1. The van der Waals surface area contributed by atoms with Crippen LogP contribution in [0.3, 0.4) is 0 Å². The van der Waals surface area contributed by atoms with Crippen LogP contribution in [0.5, 0.6) is 0 Å². The number of nitrogens with zero attached hydrogens (tertiary/aromatic N) is 2.